The van der Waals surface area contributed by atoms with Crippen molar-refractivity contribution in [2.24, 2.45) is 0 Å². The first kappa shape index (κ1) is 17.7. The maximum Gasteiger partial charge on any atom is 0.119 e. The van der Waals surface area contributed by atoms with Crippen LogP contribution in [-0.4, -0.2) is 7.11 Å². The Hall–Kier alpha value is -2.16. The highest BCUT2D eigenvalue weighted by atomic mass is 35.5. The Bertz CT molecular complexity index is 751. The average molecular weight is 372 g/mol. The first-order valence-electron chi connectivity index (χ1n) is 8.02. The molecule has 0 N–H and O–H groups in total. The summed E-state index contributed by atoms with van der Waals surface area (Å²) >= 11 is 12.0. The molecule has 3 rings (SSSR count). The Labute approximate surface area is 158 Å². The van der Waals surface area contributed by atoms with E-state index in [1.807, 2.05) is 36.4 Å². The van der Waals surface area contributed by atoms with Crippen molar-refractivity contribution >= 4 is 28.9 Å². The van der Waals surface area contributed by atoms with Gasteiger partial charge in [0.1, 0.15) is 5.75 Å². The van der Waals surface area contributed by atoms with E-state index in [1.54, 1.807) is 7.11 Å². The van der Waals surface area contributed by atoms with E-state index in [9.17, 15) is 0 Å². The Morgan fingerprint density at radius 3 is 1.52 bits per heavy atom. The maximum atomic E-state index is 6.00. The van der Waals surface area contributed by atoms with Gasteiger partial charge in [0.25, 0.3) is 0 Å². The standard InChI is InChI=1S/C21H19Cl2NO/c1-25-21-12-10-20(11-13-21)24(14-16-2-6-18(22)7-3-16)15-17-4-8-19(23)9-5-17/h2-13H,14-15H2,1H3. The lowest BCUT2D eigenvalue weighted by Gasteiger charge is -2.25. The molecule has 0 fully saturated rings. The van der Waals surface area contributed by atoms with Gasteiger partial charge in [0.2, 0.25) is 0 Å². The van der Waals surface area contributed by atoms with Crippen molar-refractivity contribution in [2.45, 2.75) is 13.1 Å². The second kappa shape index (κ2) is 8.28. The van der Waals surface area contributed by atoms with Gasteiger partial charge in [-0.05, 0) is 59.7 Å². The second-order valence-corrected chi connectivity index (χ2v) is 6.68. The van der Waals surface area contributed by atoms with Crippen LogP contribution in [0.25, 0.3) is 0 Å². The summed E-state index contributed by atoms with van der Waals surface area (Å²) in [6.45, 7) is 1.57. The molecule has 0 saturated heterocycles. The van der Waals surface area contributed by atoms with Crippen LogP contribution in [0.3, 0.4) is 0 Å². The van der Waals surface area contributed by atoms with Gasteiger partial charge in [-0.15, -0.1) is 0 Å². The molecule has 3 aromatic rings. The van der Waals surface area contributed by atoms with E-state index >= 15 is 0 Å². The van der Waals surface area contributed by atoms with E-state index in [-0.39, 0.29) is 0 Å². The third-order valence-electron chi connectivity index (χ3n) is 4.01. The Morgan fingerprint density at radius 1 is 0.680 bits per heavy atom. The molecular weight excluding hydrogens is 353 g/mol. The maximum absolute atomic E-state index is 6.00. The van der Waals surface area contributed by atoms with Crippen molar-refractivity contribution in [1.82, 2.24) is 0 Å². The van der Waals surface area contributed by atoms with Gasteiger partial charge in [-0.25, -0.2) is 0 Å². The van der Waals surface area contributed by atoms with E-state index in [0.717, 1.165) is 34.6 Å². The quantitative estimate of drug-likeness (QED) is 0.510. The van der Waals surface area contributed by atoms with Crippen molar-refractivity contribution in [1.29, 1.82) is 0 Å². The van der Waals surface area contributed by atoms with Crippen LogP contribution in [0.5, 0.6) is 5.75 Å². The van der Waals surface area contributed by atoms with Gasteiger partial charge in [0.15, 0.2) is 0 Å². The number of hydrogen-bond donors (Lipinski definition) is 0. The fraction of sp³-hybridized carbons (Fsp3) is 0.143. The number of nitrogens with zero attached hydrogens (tertiary/aromatic N) is 1. The average Bonchev–Trinajstić information content (AvgIpc) is 2.65. The number of rotatable bonds is 6. The molecule has 4 heteroatoms. The molecule has 0 aliphatic carbocycles. The molecule has 0 atom stereocenters. The van der Waals surface area contributed by atoms with E-state index in [4.69, 9.17) is 27.9 Å². The number of benzene rings is 3. The zero-order chi connectivity index (χ0) is 17.6. The molecule has 0 aliphatic heterocycles. The molecule has 0 bridgehead atoms. The van der Waals surface area contributed by atoms with Gasteiger partial charge in [0, 0.05) is 28.8 Å². The minimum absolute atomic E-state index is 0.748. The lowest BCUT2D eigenvalue weighted by molar-refractivity contribution is 0.415. The van der Waals surface area contributed by atoms with Gasteiger partial charge in [-0.1, -0.05) is 47.5 Å². The van der Waals surface area contributed by atoms with Crippen LogP contribution >= 0.6 is 23.2 Å². The third-order valence-corrected chi connectivity index (χ3v) is 4.51. The van der Waals surface area contributed by atoms with E-state index in [2.05, 4.69) is 41.3 Å². The van der Waals surface area contributed by atoms with Crippen molar-refractivity contribution in [3.05, 3.63) is 94.0 Å². The molecule has 25 heavy (non-hydrogen) atoms. The summed E-state index contributed by atoms with van der Waals surface area (Å²) in [6, 6.07) is 24.0. The molecule has 0 radical (unpaired) electrons. The highest BCUT2D eigenvalue weighted by molar-refractivity contribution is 6.30. The van der Waals surface area contributed by atoms with Crippen LogP contribution in [0, 0.1) is 0 Å². The number of hydrogen-bond acceptors (Lipinski definition) is 2. The minimum atomic E-state index is 0.748. The molecule has 128 valence electrons. The van der Waals surface area contributed by atoms with Gasteiger partial charge in [-0.3, -0.25) is 0 Å². The van der Waals surface area contributed by atoms with Crippen molar-refractivity contribution in [3.8, 4) is 5.75 Å². The first-order chi connectivity index (χ1) is 12.1. The van der Waals surface area contributed by atoms with Gasteiger partial charge < -0.3 is 9.64 Å². The molecule has 0 aromatic heterocycles. The van der Waals surface area contributed by atoms with E-state index in [0.29, 0.717) is 0 Å². The van der Waals surface area contributed by atoms with Gasteiger partial charge >= 0.3 is 0 Å². The minimum Gasteiger partial charge on any atom is -0.497 e. The highest BCUT2D eigenvalue weighted by Crippen LogP contribution is 2.24. The zero-order valence-corrected chi connectivity index (χ0v) is 15.5. The summed E-state index contributed by atoms with van der Waals surface area (Å²) in [7, 11) is 1.67. The molecular formula is C21H19Cl2NO. The summed E-state index contributed by atoms with van der Waals surface area (Å²) < 4.78 is 5.26. The Morgan fingerprint density at radius 2 is 1.12 bits per heavy atom. The molecule has 0 saturated carbocycles. The summed E-state index contributed by atoms with van der Waals surface area (Å²) in [6.07, 6.45) is 0. The SMILES string of the molecule is COc1ccc(N(Cc2ccc(Cl)cc2)Cc2ccc(Cl)cc2)cc1. The normalized spacial score (nSPS) is 10.5. The van der Waals surface area contributed by atoms with Crippen molar-refractivity contribution in [2.75, 3.05) is 12.0 Å². The number of methoxy groups -OCH3 is 1. The lowest BCUT2D eigenvalue weighted by atomic mass is 10.1. The molecule has 0 spiro atoms. The smallest absolute Gasteiger partial charge is 0.119 e. The van der Waals surface area contributed by atoms with Crippen LogP contribution in [0.4, 0.5) is 5.69 Å². The monoisotopic (exact) mass is 371 g/mol. The topological polar surface area (TPSA) is 12.5 Å². The molecule has 0 aliphatic rings. The van der Waals surface area contributed by atoms with Crippen LogP contribution in [-0.2, 0) is 13.1 Å². The van der Waals surface area contributed by atoms with Crippen LogP contribution in [0.1, 0.15) is 11.1 Å². The molecule has 0 amide bonds. The van der Waals surface area contributed by atoms with Gasteiger partial charge in [-0.2, -0.15) is 0 Å². The second-order valence-electron chi connectivity index (χ2n) is 5.81. The fourth-order valence-electron chi connectivity index (χ4n) is 2.65. The van der Waals surface area contributed by atoms with E-state index in [1.165, 1.54) is 11.1 Å². The number of halogens is 2. The van der Waals surface area contributed by atoms with Crippen molar-refractivity contribution < 1.29 is 4.74 Å². The molecule has 2 nitrogen and oxygen atoms in total. The first-order valence-corrected chi connectivity index (χ1v) is 8.77. The summed E-state index contributed by atoms with van der Waals surface area (Å²) in [5.74, 6) is 0.849. The molecule has 3 aromatic carbocycles. The fourth-order valence-corrected chi connectivity index (χ4v) is 2.90. The predicted octanol–water partition coefficient (Wildman–Crippen LogP) is 6.21. The molecule has 0 heterocycles. The predicted molar refractivity (Wildman–Crippen MR) is 106 cm³/mol. The Kier molecular flexibility index (Phi) is 5.85. The van der Waals surface area contributed by atoms with Crippen LogP contribution in [0.2, 0.25) is 10.0 Å². The number of anilines is 1. The van der Waals surface area contributed by atoms with Crippen LogP contribution in [0.15, 0.2) is 72.8 Å². The molecule has 0 unspecified atom stereocenters. The summed E-state index contributed by atoms with van der Waals surface area (Å²) in [5.41, 5.74) is 3.54. The highest BCUT2D eigenvalue weighted by Gasteiger charge is 2.09. The van der Waals surface area contributed by atoms with Gasteiger partial charge in [0.05, 0.1) is 7.11 Å². The summed E-state index contributed by atoms with van der Waals surface area (Å²) in [4.78, 5) is 2.31. The zero-order valence-electron chi connectivity index (χ0n) is 14.0. The Balaban J connectivity index is 1.85. The van der Waals surface area contributed by atoms with E-state index < -0.39 is 0 Å². The third kappa shape index (κ3) is 4.91. The summed E-state index contributed by atoms with van der Waals surface area (Å²) in [5, 5.41) is 1.50. The van der Waals surface area contributed by atoms with Crippen molar-refractivity contribution in [3.63, 3.8) is 0 Å². The number of ether oxygens (including phenoxy) is 1. The van der Waals surface area contributed by atoms with Crippen LogP contribution < -0.4 is 9.64 Å². The lowest BCUT2D eigenvalue weighted by Crippen LogP contribution is -2.22. The largest absolute Gasteiger partial charge is 0.497 e.